The largest absolute Gasteiger partial charge is 0.384 e. The number of carbonyl (C=O) groups excluding carboxylic acids is 2. The van der Waals surface area contributed by atoms with Crippen molar-refractivity contribution in [3.8, 4) is 0 Å². The van der Waals surface area contributed by atoms with Crippen LogP contribution in [0.3, 0.4) is 0 Å². The van der Waals surface area contributed by atoms with E-state index in [-0.39, 0.29) is 11.1 Å². The van der Waals surface area contributed by atoms with Crippen LogP contribution in [0, 0.1) is 10.1 Å². The fourth-order valence-electron chi connectivity index (χ4n) is 2.91. The summed E-state index contributed by atoms with van der Waals surface area (Å²) >= 11 is 0. The molecular formula is C17H14N2O5. The van der Waals surface area contributed by atoms with Gasteiger partial charge in [-0.1, -0.05) is 42.5 Å². The second-order valence-corrected chi connectivity index (χ2v) is 5.46. The summed E-state index contributed by atoms with van der Waals surface area (Å²) in [6.45, 7) is -0.771. The quantitative estimate of drug-likeness (QED) is 0.511. The lowest BCUT2D eigenvalue weighted by Gasteiger charge is -2.29. The molecular weight excluding hydrogens is 312 g/mol. The third-order valence-electron chi connectivity index (χ3n) is 3.95. The van der Waals surface area contributed by atoms with Gasteiger partial charge in [0.05, 0.1) is 17.2 Å². The molecule has 0 fully saturated rings. The second-order valence-electron chi connectivity index (χ2n) is 5.46. The van der Waals surface area contributed by atoms with Gasteiger partial charge in [-0.3, -0.25) is 24.6 Å². The van der Waals surface area contributed by atoms with Crippen molar-refractivity contribution >= 4 is 11.8 Å². The summed E-state index contributed by atoms with van der Waals surface area (Å²) < 4.78 is 0. The van der Waals surface area contributed by atoms with Gasteiger partial charge in [-0.2, -0.15) is 0 Å². The zero-order valence-corrected chi connectivity index (χ0v) is 12.5. The molecule has 0 saturated carbocycles. The van der Waals surface area contributed by atoms with Crippen molar-refractivity contribution in [1.29, 1.82) is 0 Å². The van der Waals surface area contributed by atoms with Gasteiger partial charge < -0.3 is 5.11 Å². The molecule has 7 heteroatoms. The molecule has 7 nitrogen and oxygen atoms in total. The lowest BCUT2D eigenvalue weighted by Crippen LogP contribution is -2.43. The number of rotatable bonds is 5. The van der Waals surface area contributed by atoms with Gasteiger partial charge >= 0.3 is 0 Å². The normalized spacial score (nSPS) is 16.0. The van der Waals surface area contributed by atoms with E-state index in [1.54, 1.807) is 42.5 Å². The summed E-state index contributed by atoms with van der Waals surface area (Å²) in [5.74, 6) is -1.13. The lowest BCUT2D eigenvalue weighted by molar-refractivity contribution is -0.491. The van der Waals surface area contributed by atoms with Gasteiger partial charge in [0.15, 0.2) is 0 Å². The van der Waals surface area contributed by atoms with Crippen molar-refractivity contribution in [3.63, 3.8) is 0 Å². The highest BCUT2D eigenvalue weighted by atomic mass is 16.6. The van der Waals surface area contributed by atoms with E-state index in [2.05, 4.69) is 0 Å². The summed E-state index contributed by atoms with van der Waals surface area (Å²) in [4.78, 5) is 36.3. The van der Waals surface area contributed by atoms with E-state index in [4.69, 9.17) is 0 Å². The highest BCUT2D eigenvalue weighted by Crippen LogP contribution is 2.33. The van der Waals surface area contributed by atoms with Crippen molar-refractivity contribution in [2.75, 3.05) is 6.54 Å². The van der Waals surface area contributed by atoms with Crippen molar-refractivity contribution in [1.82, 2.24) is 4.90 Å². The number of aliphatic hydroxyl groups is 1. The fraction of sp³-hybridized carbons (Fsp3) is 0.176. The molecule has 24 heavy (non-hydrogen) atoms. The Bertz CT molecular complexity index is 771. The molecule has 1 aliphatic heterocycles. The Kier molecular flexibility index (Phi) is 4.09. The summed E-state index contributed by atoms with van der Waals surface area (Å²) in [5, 5.41) is 21.1. The van der Waals surface area contributed by atoms with Crippen LogP contribution in [0.15, 0.2) is 54.6 Å². The van der Waals surface area contributed by atoms with Crippen molar-refractivity contribution in [3.05, 3.63) is 81.4 Å². The number of carbonyl (C=O) groups is 2. The van der Waals surface area contributed by atoms with E-state index < -0.39 is 35.4 Å². The first-order valence-corrected chi connectivity index (χ1v) is 7.32. The minimum absolute atomic E-state index is 0.233. The molecule has 0 saturated heterocycles. The van der Waals surface area contributed by atoms with Gasteiger partial charge in [0.2, 0.25) is 6.54 Å². The highest BCUT2D eigenvalue weighted by Gasteiger charge is 2.44. The Morgan fingerprint density at radius 2 is 1.46 bits per heavy atom. The molecule has 2 atom stereocenters. The number of nitrogens with zero attached hydrogens (tertiary/aromatic N) is 2. The number of fused-ring (bicyclic) bond motifs is 1. The smallest absolute Gasteiger partial charge is 0.262 e. The minimum Gasteiger partial charge on any atom is -0.384 e. The molecule has 0 unspecified atom stereocenters. The number of nitro groups is 1. The molecule has 2 aromatic carbocycles. The number of hydrogen-bond donors (Lipinski definition) is 1. The molecule has 0 aromatic heterocycles. The average molecular weight is 326 g/mol. The first-order chi connectivity index (χ1) is 11.5. The van der Waals surface area contributed by atoms with E-state index in [1.165, 1.54) is 12.1 Å². The number of aliphatic hydroxyl groups excluding tert-OH is 1. The zero-order chi connectivity index (χ0) is 17.3. The number of hydrogen-bond acceptors (Lipinski definition) is 5. The average Bonchev–Trinajstić information content (AvgIpc) is 2.81. The summed E-state index contributed by atoms with van der Waals surface area (Å²) in [6, 6.07) is 13.5. The molecule has 3 rings (SSSR count). The number of amides is 2. The topological polar surface area (TPSA) is 101 Å². The van der Waals surface area contributed by atoms with Gasteiger partial charge in [0.1, 0.15) is 6.10 Å². The van der Waals surface area contributed by atoms with Crippen LogP contribution in [-0.2, 0) is 0 Å². The molecule has 0 spiro atoms. The maximum Gasteiger partial charge on any atom is 0.262 e. The first kappa shape index (κ1) is 15.8. The SMILES string of the molecule is O=C1c2ccccc2C(=O)N1[C@@H](c1ccccc1)[C@H](O)C[N+](=O)[O-]. The van der Waals surface area contributed by atoms with Gasteiger partial charge in [0.25, 0.3) is 11.8 Å². The van der Waals surface area contributed by atoms with Gasteiger partial charge in [0, 0.05) is 4.92 Å². The van der Waals surface area contributed by atoms with E-state index in [0.29, 0.717) is 5.56 Å². The monoisotopic (exact) mass is 326 g/mol. The van der Waals surface area contributed by atoms with Crippen LogP contribution < -0.4 is 0 Å². The van der Waals surface area contributed by atoms with E-state index in [1.807, 2.05) is 0 Å². The molecule has 0 radical (unpaired) electrons. The third-order valence-corrected chi connectivity index (χ3v) is 3.95. The third kappa shape index (κ3) is 2.65. The molecule has 1 heterocycles. The van der Waals surface area contributed by atoms with Crippen molar-refractivity contribution in [2.24, 2.45) is 0 Å². The molecule has 122 valence electrons. The molecule has 2 amide bonds. The number of benzene rings is 2. The Labute approximate surface area is 137 Å². The molecule has 1 N–H and O–H groups in total. The lowest BCUT2D eigenvalue weighted by atomic mass is 9.99. The fourth-order valence-corrected chi connectivity index (χ4v) is 2.91. The van der Waals surface area contributed by atoms with Gasteiger partial charge in [-0.15, -0.1) is 0 Å². The predicted molar refractivity (Wildman–Crippen MR) is 84.0 cm³/mol. The first-order valence-electron chi connectivity index (χ1n) is 7.32. The zero-order valence-electron chi connectivity index (χ0n) is 12.5. The molecule has 2 aromatic rings. The van der Waals surface area contributed by atoms with Crippen LogP contribution in [0.4, 0.5) is 0 Å². The van der Waals surface area contributed by atoms with Crippen LogP contribution >= 0.6 is 0 Å². The second kappa shape index (κ2) is 6.21. The Morgan fingerprint density at radius 1 is 0.958 bits per heavy atom. The van der Waals surface area contributed by atoms with E-state index >= 15 is 0 Å². The Hall–Kier alpha value is -3.06. The predicted octanol–water partition coefficient (Wildman–Crippen LogP) is 1.66. The standard InChI is InChI=1S/C17H14N2O5/c20-14(10-18(23)24)15(11-6-2-1-3-7-11)19-16(21)12-8-4-5-9-13(12)17(19)22/h1-9,14-15,20H,10H2/t14-,15+/m1/s1. The minimum atomic E-state index is -1.51. The van der Waals surface area contributed by atoms with E-state index in [0.717, 1.165) is 4.90 Å². The summed E-state index contributed by atoms with van der Waals surface area (Å²) in [6.07, 6.45) is -1.51. The maximum absolute atomic E-state index is 12.6. The molecule has 0 aliphatic carbocycles. The Balaban J connectivity index is 2.05. The van der Waals surface area contributed by atoms with Gasteiger partial charge in [-0.05, 0) is 17.7 Å². The summed E-state index contributed by atoms with van der Waals surface area (Å²) in [7, 11) is 0. The Morgan fingerprint density at radius 3 is 1.96 bits per heavy atom. The van der Waals surface area contributed by atoms with Crippen LogP contribution in [0.5, 0.6) is 0 Å². The molecule has 1 aliphatic rings. The van der Waals surface area contributed by atoms with Gasteiger partial charge in [-0.25, -0.2) is 0 Å². The highest BCUT2D eigenvalue weighted by molar-refractivity contribution is 6.21. The van der Waals surface area contributed by atoms with Crippen molar-refractivity contribution < 1.29 is 19.6 Å². The molecule has 0 bridgehead atoms. The van der Waals surface area contributed by atoms with Crippen molar-refractivity contribution in [2.45, 2.75) is 12.1 Å². The van der Waals surface area contributed by atoms with Crippen LogP contribution in [-0.4, -0.2) is 39.4 Å². The van der Waals surface area contributed by atoms with Crippen LogP contribution in [0.25, 0.3) is 0 Å². The number of imide groups is 1. The van der Waals surface area contributed by atoms with Crippen LogP contribution in [0.2, 0.25) is 0 Å². The van der Waals surface area contributed by atoms with Crippen LogP contribution in [0.1, 0.15) is 32.3 Å². The van der Waals surface area contributed by atoms with E-state index in [9.17, 15) is 24.8 Å². The summed E-state index contributed by atoms with van der Waals surface area (Å²) in [5.41, 5.74) is 0.926. The maximum atomic E-state index is 12.6.